The van der Waals surface area contributed by atoms with Crippen molar-refractivity contribution in [3.05, 3.63) is 53.6 Å². The van der Waals surface area contributed by atoms with Crippen molar-refractivity contribution in [2.75, 3.05) is 54.4 Å². The van der Waals surface area contributed by atoms with Gasteiger partial charge in [-0.3, -0.25) is 4.79 Å². The monoisotopic (exact) mass is 532 g/mol. The number of benzene rings is 2. The minimum Gasteiger partial charge on any atom is -0.344 e. The smallest absolute Gasteiger partial charge is 0.233 e. The van der Waals surface area contributed by atoms with Crippen molar-refractivity contribution >= 4 is 41.7 Å². The molecule has 0 saturated carbocycles. The van der Waals surface area contributed by atoms with Gasteiger partial charge >= 0.3 is 0 Å². The van der Waals surface area contributed by atoms with Gasteiger partial charge in [0.25, 0.3) is 0 Å². The van der Waals surface area contributed by atoms with E-state index in [4.69, 9.17) is 26.4 Å². The molecule has 1 aliphatic carbocycles. The topological polar surface area (TPSA) is 196 Å². The standard InChI is InChI=1S/C25H30N8O.ClH.2H3N.2H2/c26-10-14-33(15-11-27)25-30-23(29-24(31-25)32-12-4-1-5-13-32)28-17-8-9-20-21(16-17)18-6-2-3-7-19(18)22(20)34;;;;;/h2-3,6-9,16H,1,4-5,10-15,26-27H2,(H,28,29,30,31);1H;2*1H3;2*1H. The molecule has 2 aromatic carbocycles. The Balaban J connectivity index is 0.00000289. The van der Waals surface area contributed by atoms with Gasteiger partial charge in [0.05, 0.1) is 0 Å². The second kappa shape index (κ2) is 13.3. The van der Waals surface area contributed by atoms with Gasteiger partial charge in [0, 0.05) is 58.9 Å². The van der Waals surface area contributed by atoms with Crippen LogP contribution in [0, 0.1) is 0 Å². The molecule has 1 saturated heterocycles. The zero-order chi connectivity index (χ0) is 23.5. The van der Waals surface area contributed by atoms with E-state index in [1.54, 1.807) is 0 Å². The van der Waals surface area contributed by atoms with Crippen molar-refractivity contribution in [2.45, 2.75) is 19.3 Å². The Bertz CT molecular complexity index is 1210. The highest BCUT2D eigenvalue weighted by Crippen LogP contribution is 2.38. The number of nitrogens with one attached hydrogen (secondary N) is 1. The van der Waals surface area contributed by atoms with Crippen molar-refractivity contribution in [1.29, 1.82) is 0 Å². The van der Waals surface area contributed by atoms with Gasteiger partial charge in [-0.05, 0) is 48.6 Å². The van der Waals surface area contributed by atoms with Gasteiger partial charge in [0.1, 0.15) is 0 Å². The molecule has 0 bridgehead atoms. The Labute approximate surface area is 226 Å². The zero-order valence-corrected chi connectivity index (χ0v) is 21.8. The van der Waals surface area contributed by atoms with Crippen LogP contribution in [0.15, 0.2) is 42.5 Å². The fourth-order valence-corrected chi connectivity index (χ4v) is 4.64. The number of carbonyl (C=O) groups is 1. The molecule has 1 fully saturated rings. The first-order valence-corrected chi connectivity index (χ1v) is 11.9. The van der Waals surface area contributed by atoms with Crippen molar-refractivity contribution in [3.8, 4) is 11.1 Å². The number of aromatic nitrogens is 3. The molecule has 11 N–H and O–H groups in total. The molecule has 5 rings (SSSR count). The van der Waals surface area contributed by atoms with Crippen LogP contribution >= 0.6 is 12.4 Å². The third-order valence-electron chi connectivity index (χ3n) is 6.31. The van der Waals surface area contributed by atoms with Crippen molar-refractivity contribution < 1.29 is 7.65 Å². The minimum absolute atomic E-state index is 0. The van der Waals surface area contributed by atoms with E-state index in [2.05, 4.69) is 10.2 Å². The number of anilines is 4. The molecule has 2 heterocycles. The minimum atomic E-state index is 0. The molecule has 3 aromatic rings. The van der Waals surface area contributed by atoms with Crippen LogP contribution in [0.2, 0.25) is 0 Å². The summed E-state index contributed by atoms with van der Waals surface area (Å²) in [6.45, 7) is 4.02. The number of hydrogen-bond acceptors (Lipinski definition) is 11. The van der Waals surface area contributed by atoms with E-state index in [1.165, 1.54) is 6.42 Å². The van der Waals surface area contributed by atoms with E-state index in [0.29, 0.717) is 49.6 Å². The largest absolute Gasteiger partial charge is 0.344 e. The lowest BCUT2D eigenvalue weighted by Gasteiger charge is -2.28. The maximum absolute atomic E-state index is 12.7. The molecular formula is C25H41ClN10O. The lowest BCUT2D eigenvalue weighted by atomic mass is 10.1. The van der Waals surface area contributed by atoms with Gasteiger partial charge in [0.2, 0.25) is 17.8 Å². The van der Waals surface area contributed by atoms with Crippen LogP contribution in [0.5, 0.6) is 0 Å². The lowest BCUT2D eigenvalue weighted by molar-refractivity contribution is 0.104. The molecule has 1 aromatic heterocycles. The van der Waals surface area contributed by atoms with Crippen LogP contribution in [0.4, 0.5) is 23.5 Å². The van der Waals surface area contributed by atoms with Crippen LogP contribution < -0.4 is 38.9 Å². The van der Waals surface area contributed by atoms with E-state index in [1.807, 2.05) is 47.4 Å². The summed E-state index contributed by atoms with van der Waals surface area (Å²) in [4.78, 5) is 31.2. The molecule has 2 aliphatic rings. The Morgan fingerprint density at radius 2 is 1.51 bits per heavy atom. The van der Waals surface area contributed by atoms with Crippen LogP contribution in [0.1, 0.15) is 38.0 Å². The average molecular weight is 533 g/mol. The predicted molar refractivity (Wildman–Crippen MR) is 156 cm³/mol. The number of nitrogens with zero attached hydrogens (tertiary/aromatic N) is 5. The third-order valence-corrected chi connectivity index (χ3v) is 6.31. The molecule has 12 heteroatoms. The van der Waals surface area contributed by atoms with Crippen molar-refractivity contribution in [1.82, 2.24) is 27.3 Å². The first-order chi connectivity index (χ1) is 16.7. The summed E-state index contributed by atoms with van der Waals surface area (Å²) in [5.41, 5.74) is 15.8. The summed E-state index contributed by atoms with van der Waals surface area (Å²) in [5.74, 6) is 1.75. The molecule has 204 valence electrons. The fourth-order valence-electron chi connectivity index (χ4n) is 4.64. The molecule has 0 radical (unpaired) electrons. The lowest BCUT2D eigenvalue weighted by Crippen LogP contribution is -2.36. The second-order valence-electron chi connectivity index (χ2n) is 8.63. The third kappa shape index (κ3) is 6.14. The Hall–Kier alpha value is -3.35. The molecule has 0 amide bonds. The summed E-state index contributed by atoms with van der Waals surface area (Å²) in [7, 11) is 0. The molecule has 0 spiro atoms. The number of carbonyl (C=O) groups excluding carboxylic acids is 1. The molecular weight excluding hydrogens is 492 g/mol. The van der Waals surface area contributed by atoms with Crippen LogP contribution in [-0.2, 0) is 0 Å². The summed E-state index contributed by atoms with van der Waals surface area (Å²) in [6.07, 6.45) is 3.47. The number of halogens is 1. The van der Waals surface area contributed by atoms with Gasteiger partial charge in [-0.2, -0.15) is 15.0 Å². The van der Waals surface area contributed by atoms with E-state index in [0.717, 1.165) is 48.3 Å². The number of hydrogen-bond donors (Lipinski definition) is 5. The highest BCUT2D eigenvalue weighted by Gasteiger charge is 2.26. The fraction of sp³-hybridized carbons (Fsp3) is 0.360. The Kier molecular flexibility index (Phi) is 10.7. The van der Waals surface area contributed by atoms with Crippen LogP contribution in [0.3, 0.4) is 0 Å². The zero-order valence-electron chi connectivity index (χ0n) is 21.0. The van der Waals surface area contributed by atoms with E-state index < -0.39 is 0 Å². The van der Waals surface area contributed by atoms with Gasteiger partial charge < -0.3 is 38.9 Å². The SMILES string of the molecule is Cl.N.N.NCCN(CCN)c1nc(Nc2ccc3c(c2)-c2ccccc2C3=O)nc(N2CCCCC2)n1.[HH].[HH]. The molecule has 37 heavy (non-hydrogen) atoms. The van der Waals surface area contributed by atoms with Crippen molar-refractivity contribution in [2.24, 2.45) is 11.5 Å². The van der Waals surface area contributed by atoms with Gasteiger partial charge in [-0.1, -0.05) is 24.3 Å². The first kappa shape index (κ1) is 29.9. The summed E-state index contributed by atoms with van der Waals surface area (Å²) in [5, 5.41) is 3.35. The van der Waals surface area contributed by atoms with Crippen LogP contribution in [0.25, 0.3) is 11.1 Å². The van der Waals surface area contributed by atoms with Gasteiger partial charge in [-0.25, -0.2) is 0 Å². The Morgan fingerprint density at radius 3 is 2.19 bits per heavy atom. The molecule has 0 unspecified atom stereocenters. The first-order valence-electron chi connectivity index (χ1n) is 11.9. The molecule has 11 nitrogen and oxygen atoms in total. The summed E-state index contributed by atoms with van der Waals surface area (Å²) >= 11 is 0. The molecule has 1 aliphatic heterocycles. The van der Waals surface area contributed by atoms with Crippen molar-refractivity contribution in [3.63, 3.8) is 0 Å². The number of rotatable bonds is 8. The Morgan fingerprint density at radius 1 is 0.865 bits per heavy atom. The number of fused-ring (bicyclic) bond motifs is 3. The number of piperidine rings is 1. The van der Waals surface area contributed by atoms with E-state index in [-0.39, 0.29) is 33.3 Å². The van der Waals surface area contributed by atoms with E-state index in [9.17, 15) is 4.79 Å². The van der Waals surface area contributed by atoms with E-state index >= 15 is 0 Å². The second-order valence-corrected chi connectivity index (χ2v) is 8.63. The highest BCUT2D eigenvalue weighted by molar-refractivity contribution is 6.22. The van der Waals surface area contributed by atoms with Gasteiger partial charge in [0.15, 0.2) is 5.78 Å². The number of ketones is 1. The van der Waals surface area contributed by atoms with Gasteiger partial charge in [-0.15, -0.1) is 12.4 Å². The summed E-state index contributed by atoms with van der Waals surface area (Å²) in [6, 6.07) is 13.4. The normalized spacial score (nSPS) is 13.5. The quantitative estimate of drug-likeness (QED) is 0.221. The number of nitrogens with two attached hydrogens (primary N) is 2. The van der Waals surface area contributed by atoms with Crippen LogP contribution in [-0.4, -0.2) is 60.0 Å². The average Bonchev–Trinajstić information content (AvgIpc) is 3.16. The highest BCUT2D eigenvalue weighted by atomic mass is 35.5. The predicted octanol–water partition coefficient (Wildman–Crippen LogP) is 3.78. The maximum Gasteiger partial charge on any atom is 0.233 e. The molecule has 0 atom stereocenters. The summed E-state index contributed by atoms with van der Waals surface area (Å²) < 4.78 is 0. The maximum atomic E-state index is 12.7.